The van der Waals surface area contributed by atoms with Gasteiger partial charge in [0.1, 0.15) is 10.7 Å². The molecule has 0 saturated heterocycles. The minimum atomic E-state index is -0.255. The van der Waals surface area contributed by atoms with Crippen LogP contribution in [0.4, 0.5) is 0 Å². The molecule has 0 saturated carbocycles. The van der Waals surface area contributed by atoms with Crippen LogP contribution in [0.15, 0.2) is 0 Å². The molecular weight excluding hydrogens is 326 g/mol. The Bertz CT molecular complexity index is 945. The summed E-state index contributed by atoms with van der Waals surface area (Å²) in [5.41, 5.74) is 2.04. The molecule has 1 aliphatic rings. The van der Waals surface area contributed by atoms with Gasteiger partial charge in [-0.25, -0.2) is 9.97 Å². The summed E-state index contributed by atoms with van der Waals surface area (Å²) in [5.74, 6) is 0.643. The SMILES string of the molecule is CCN(CCO)C(=O)c1nc2c3c4c(sc3nc(C)n2n1)CCC4. The Balaban J connectivity index is 1.90. The first-order valence-electron chi connectivity index (χ1n) is 8.21. The van der Waals surface area contributed by atoms with Crippen molar-refractivity contribution < 1.29 is 9.90 Å². The Kier molecular flexibility index (Phi) is 3.73. The minimum Gasteiger partial charge on any atom is -0.395 e. The Morgan fingerprint density at radius 3 is 2.96 bits per heavy atom. The van der Waals surface area contributed by atoms with Gasteiger partial charge >= 0.3 is 0 Å². The third kappa shape index (κ3) is 2.21. The maximum Gasteiger partial charge on any atom is 0.293 e. The number of hydrogen-bond donors (Lipinski definition) is 1. The van der Waals surface area contributed by atoms with Crippen molar-refractivity contribution in [2.24, 2.45) is 0 Å². The van der Waals surface area contributed by atoms with Crippen LogP contribution in [0.2, 0.25) is 0 Å². The molecule has 24 heavy (non-hydrogen) atoms. The van der Waals surface area contributed by atoms with E-state index >= 15 is 0 Å². The van der Waals surface area contributed by atoms with E-state index in [9.17, 15) is 4.79 Å². The van der Waals surface area contributed by atoms with Crippen molar-refractivity contribution in [1.82, 2.24) is 24.5 Å². The first-order chi connectivity index (χ1) is 11.6. The zero-order valence-electron chi connectivity index (χ0n) is 13.7. The summed E-state index contributed by atoms with van der Waals surface area (Å²) in [4.78, 5) is 25.7. The fourth-order valence-corrected chi connectivity index (χ4v) is 4.65. The number of nitrogens with zero attached hydrogens (tertiary/aromatic N) is 5. The minimum absolute atomic E-state index is 0.0736. The molecule has 0 aliphatic heterocycles. The predicted octanol–water partition coefficient (Wildman–Crippen LogP) is 1.59. The first-order valence-corrected chi connectivity index (χ1v) is 9.03. The lowest BCUT2D eigenvalue weighted by molar-refractivity contribution is 0.0720. The topological polar surface area (TPSA) is 83.6 Å². The number of rotatable bonds is 4. The van der Waals surface area contributed by atoms with E-state index in [-0.39, 0.29) is 24.9 Å². The van der Waals surface area contributed by atoms with Gasteiger partial charge in [0.2, 0.25) is 5.82 Å². The third-order valence-corrected chi connectivity index (χ3v) is 5.72. The molecule has 126 valence electrons. The van der Waals surface area contributed by atoms with Crippen molar-refractivity contribution in [3.05, 3.63) is 22.1 Å². The van der Waals surface area contributed by atoms with Gasteiger partial charge in [0.05, 0.1) is 12.0 Å². The number of aliphatic hydroxyl groups excluding tert-OH is 1. The standard InChI is InChI=1S/C16H19N5O2S/c1-3-20(7-8-22)16(23)13-18-14-12-10-5-4-6-11(10)24-15(12)17-9(2)21(14)19-13/h22H,3-8H2,1-2H3. The molecule has 1 N–H and O–H groups in total. The van der Waals surface area contributed by atoms with Crippen molar-refractivity contribution in [2.75, 3.05) is 19.7 Å². The molecule has 1 aliphatic carbocycles. The van der Waals surface area contributed by atoms with Crippen LogP contribution in [-0.4, -0.2) is 55.2 Å². The summed E-state index contributed by atoms with van der Waals surface area (Å²) in [6.45, 7) is 4.47. The van der Waals surface area contributed by atoms with Crippen LogP contribution in [0.1, 0.15) is 40.2 Å². The van der Waals surface area contributed by atoms with E-state index in [1.807, 2.05) is 13.8 Å². The number of amides is 1. The van der Waals surface area contributed by atoms with Gasteiger partial charge in [-0.05, 0) is 38.7 Å². The van der Waals surface area contributed by atoms with Crippen LogP contribution >= 0.6 is 11.3 Å². The Morgan fingerprint density at radius 1 is 1.38 bits per heavy atom. The molecule has 0 unspecified atom stereocenters. The molecule has 3 heterocycles. The van der Waals surface area contributed by atoms with Crippen molar-refractivity contribution in [3.8, 4) is 0 Å². The van der Waals surface area contributed by atoms with E-state index < -0.39 is 0 Å². The van der Waals surface area contributed by atoms with Gasteiger partial charge in [-0.15, -0.1) is 16.4 Å². The predicted molar refractivity (Wildman–Crippen MR) is 91.6 cm³/mol. The molecular formula is C16H19N5O2S. The number of aromatic nitrogens is 4. The van der Waals surface area contributed by atoms with Crippen LogP contribution in [0.25, 0.3) is 15.9 Å². The number of likely N-dealkylation sites (N-methyl/N-ethyl adjacent to an activating group) is 1. The summed E-state index contributed by atoms with van der Waals surface area (Å²) in [6.07, 6.45) is 3.30. The van der Waals surface area contributed by atoms with Gasteiger partial charge in [-0.3, -0.25) is 4.79 Å². The maximum atomic E-state index is 12.6. The lowest BCUT2D eigenvalue weighted by atomic mass is 10.2. The molecule has 3 aromatic rings. The van der Waals surface area contributed by atoms with Crippen LogP contribution in [0.5, 0.6) is 0 Å². The number of fused-ring (bicyclic) bond motifs is 5. The maximum absolute atomic E-state index is 12.6. The van der Waals surface area contributed by atoms with Crippen molar-refractivity contribution >= 4 is 33.1 Å². The number of hydrogen-bond acceptors (Lipinski definition) is 6. The molecule has 1 amide bonds. The third-order valence-electron chi connectivity index (χ3n) is 4.53. The smallest absolute Gasteiger partial charge is 0.293 e. The normalized spacial score (nSPS) is 13.8. The average molecular weight is 345 g/mol. The molecule has 0 fully saturated rings. The highest BCUT2D eigenvalue weighted by atomic mass is 32.1. The van der Waals surface area contributed by atoms with Gasteiger partial charge in [-0.1, -0.05) is 0 Å². The van der Waals surface area contributed by atoms with Gasteiger partial charge in [0.25, 0.3) is 5.91 Å². The van der Waals surface area contributed by atoms with Crippen LogP contribution in [0, 0.1) is 6.92 Å². The Morgan fingerprint density at radius 2 is 2.21 bits per heavy atom. The van der Waals surface area contributed by atoms with Gasteiger partial charge in [0, 0.05) is 18.0 Å². The number of carbonyl (C=O) groups excluding carboxylic acids is 1. The number of carbonyl (C=O) groups is 1. The van der Waals surface area contributed by atoms with Crippen molar-refractivity contribution in [3.63, 3.8) is 0 Å². The summed E-state index contributed by atoms with van der Waals surface area (Å²) in [6, 6.07) is 0. The molecule has 0 atom stereocenters. The molecule has 0 radical (unpaired) electrons. The van der Waals surface area contributed by atoms with Gasteiger partial charge in [-0.2, -0.15) is 4.52 Å². The average Bonchev–Trinajstić information content (AvgIpc) is 3.25. The summed E-state index contributed by atoms with van der Waals surface area (Å²) >= 11 is 1.73. The molecule has 3 aromatic heterocycles. The van der Waals surface area contributed by atoms with E-state index in [2.05, 4.69) is 15.1 Å². The molecule has 0 spiro atoms. The monoisotopic (exact) mass is 345 g/mol. The fraction of sp³-hybridized carbons (Fsp3) is 0.500. The van der Waals surface area contributed by atoms with Crippen LogP contribution in [0.3, 0.4) is 0 Å². The summed E-state index contributed by atoms with van der Waals surface area (Å²) in [5, 5.41) is 14.6. The molecule has 0 aromatic carbocycles. The van der Waals surface area contributed by atoms with E-state index in [0.717, 1.165) is 41.0 Å². The lowest BCUT2D eigenvalue weighted by Crippen LogP contribution is -2.34. The highest BCUT2D eigenvalue weighted by Crippen LogP contribution is 2.38. The largest absolute Gasteiger partial charge is 0.395 e. The molecule has 0 bridgehead atoms. The molecule has 8 heteroatoms. The lowest BCUT2D eigenvalue weighted by Gasteiger charge is -2.17. The quantitative estimate of drug-likeness (QED) is 0.776. The Hall–Kier alpha value is -2.06. The first kappa shape index (κ1) is 15.5. The van der Waals surface area contributed by atoms with E-state index in [0.29, 0.717) is 6.54 Å². The van der Waals surface area contributed by atoms with Crippen molar-refractivity contribution in [1.29, 1.82) is 0 Å². The van der Waals surface area contributed by atoms with Crippen LogP contribution in [-0.2, 0) is 12.8 Å². The summed E-state index contributed by atoms with van der Waals surface area (Å²) in [7, 11) is 0. The molecule has 7 nitrogen and oxygen atoms in total. The number of thiophene rings is 1. The van der Waals surface area contributed by atoms with Crippen molar-refractivity contribution in [2.45, 2.75) is 33.1 Å². The fourth-order valence-electron chi connectivity index (χ4n) is 3.35. The zero-order chi connectivity index (χ0) is 16.8. The van der Waals surface area contributed by atoms with E-state index in [1.54, 1.807) is 20.8 Å². The Labute approximate surface area is 142 Å². The second-order valence-electron chi connectivity index (χ2n) is 5.98. The highest BCUT2D eigenvalue weighted by molar-refractivity contribution is 7.19. The zero-order valence-corrected chi connectivity index (χ0v) is 14.6. The second kappa shape index (κ2) is 5.78. The molecule has 4 rings (SSSR count). The van der Waals surface area contributed by atoms with Gasteiger partial charge in [0.15, 0.2) is 5.65 Å². The van der Waals surface area contributed by atoms with Crippen LogP contribution < -0.4 is 0 Å². The summed E-state index contributed by atoms with van der Waals surface area (Å²) < 4.78 is 1.67. The highest BCUT2D eigenvalue weighted by Gasteiger charge is 2.25. The van der Waals surface area contributed by atoms with E-state index in [1.165, 1.54) is 10.4 Å². The van der Waals surface area contributed by atoms with E-state index in [4.69, 9.17) is 5.11 Å². The number of aryl methyl sites for hydroxylation is 3. The second-order valence-corrected chi connectivity index (χ2v) is 7.06. The number of aliphatic hydroxyl groups is 1. The van der Waals surface area contributed by atoms with Gasteiger partial charge < -0.3 is 10.0 Å².